The maximum atomic E-state index is 12.3. The number of amides is 1. The summed E-state index contributed by atoms with van der Waals surface area (Å²) in [6, 6.07) is 10.3. The zero-order valence-corrected chi connectivity index (χ0v) is 12.5. The van der Waals surface area contributed by atoms with Crippen LogP contribution in [0.2, 0.25) is 0 Å². The number of piperidine rings is 1. The number of nitrogens with one attached hydrogen (secondary N) is 1. The molecule has 0 saturated carbocycles. The summed E-state index contributed by atoms with van der Waals surface area (Å²) in [5.41, 5.74) is 1.25. The van der Waals surface area contributed by atoms with Crippen molar-refractivity contribution in [3.63, 3.8) is 0 Å². The number of carbonyl (C=O) groups excluding carboxylic acids is 1. The monoisotopic (exact) mass is 274 g/mol. The van der Waals surface area contributed by atoms with Gasteiger partial charge in [-0.25, -0.2) is 0 Å². The van der Waals surface area contributed by atoms with Gasteiger partial charge in [-0.2, -0.15) is 0 Å². The Hall–Kier alpha value is -1.35. The average Bonchev–Trinajstić information content (AvgIpc) is 2.52. The van der Waals surface area contributed by atoms with E-state index in [2.05, 4.69) is 24.4 Å². The van der Waals surface area contributed by atoms with Crippen molar-refractivity contribution in [3.8, 4) is 0 Å². The molecule has 0 aromatic heterocycles. The zero-order chi connectivity index (χ0) is 14.2. The number of benzene rings is 1. The van der Waals surface area contributed by atoms with Crippen LogP contribution >= 0.6 is 0 Å². The highest BCUT2D eigenvalue weighted by Gasteiger charge is 2.19. The van der Waals surface area contributed by atoms with Crippen LogP contribution in [-0.4, -0.2) is 37.0 Å². The Bertz CT molecular complexity index is 399. The lowest BCUT2D eigenvalue weighted by Crippen LogP contribution is -2.41. The smallest absolute Gasteiger partial charge is 0.222 e. The highest BCUT2D eigenvalue weighted by atomic mass is 16.2. The van der Waals surface area contributed by atoms with Gasteiger partial charge in [-0.3, -0.25) is 4.79 Å². The van der Waals surface area contributed by atoms with E-state index in [1.54, 1.807) is 0 Å². The van der Waals surface area contributed by atoms with Crippen molar-refractivity contribution in [2.24, 2.45) is 5.92 Å². The van der Waals surface area contributed by atoms with Gasteiger partial charge in [-0.05, 0) is 50.8 Å². The van der Waals surface area contributed by atoms with E-state index in [1.165, 1.54) is 18.4 Å². The first kappa shape index (κ1) is 15.0. The summed E-state index contributed by atoms with van der Waals surface area (Å²) < 4.78 is 0. The minimum absolute atomic E-state index is 0.293. The second kappa shape index (κ2) is 8.05. The fourth-order valence-electron chi connectivity index (χ4n) is 2.85. The van der Waals surface area contributed by atoms with Gasteiger partial charge in [-0.1, -0.05) is 30.3 Å². The maximum Gasteiger partial charge on any atom is 0.222 e. The van der Waals surface area contributed by atoms with Crippen LogP contribution in [0.3, 0.4) is 0 Å². The van der Waals surface area contributed by atoms with Gasteiger partial charge in [0.1, 0.15) is 0 Å². The number of carbonyl (C=O) groups is 1. The van der Waals surface area contributed by atoms with Crippen LogP contribution in [0.25, 0.3) is 0 Å². The third-order valence-corrected chi connectivity index (χ3v) is 4.08. The molecule has 1 aliphatic rings. The van der Waals surface area contributed by atoms with Crippen molar-refractivity contribution in [2.45, 2.75) is 32.6 Å². The number of hydrogen-bond acceptors (Lipinski definition) is 2. The topological polar surface area (TPSA) is 32.3 Å². The van der Waals surface area contributed by atoms with Crippen LogP contribution in [0.4, 0.5) is 0 Å². The van der Waals surface area contributed by atoms with Crippen molar-refractivity contribution in [3.05, 3.63) is 35.9 Å². The van der Waals surface area contributed by atoms with E-state index in [-0.39, 0.29) is 0 Å². The predicted molar refractivity (Wildman–Crippen MR) is 82.6 cm³/mol. The number of rotatable bonds is 6. The first-order valence-corrected chi connectivity index (χ1v) is 7.82. The first-order chi connectivity index (χ1) is 9.79. The van der Waals surface area contributed by atoms with Crippen LogP contribution in [-0.2, 0) is 11.2 Å². The average molecular weight is 274 g/mol. The van der Waals surface area contributed by atoms with E-state index in [0.29, 0.717) is 18.2 Å². The second-order valence-electron chi connectivity index (χ2n) is 5.63. The van der Waals surface area contributed by atoms with Crippen molar-refractivity contribution in [1.29, 1.82) is 0 Å². The van der Waals surface area contributed by atoms with E-state index in [9.17, 15) is 4.79 Å². The standard InChI is InChI=1S/C17H26N2O/c1-2-19(14-16-9-6-12-18-13-16)17(20)11-10-15-7-4-3-5-8-15/h3-5,7-8,16,18H,2,6,9-14H2,1H3. The lowest BCUT2D eigenvalue weighted by Gasteiger charge is -2.29. The summed E-state index contributed by atoms with van der Waals surface area (Å²) >= 11 is 0. The van der Waals surface area contributed by atoms with Crippen LogP contribution in [0.5, 0.6) is 0 Å². The number of hydrogen-bond donors (Lipinski definition) is 1. The molecule has 3 heteroatoms. The van der Waals surface area contributed by atoms with Gasteiger partial charge in [-0.15, -0.1) is 0 Å². The van der Waals surface area contributed by atoms with Crippen LogP contribution in [0, 0.1) is 5.92 Å². The molecule has 1 fully saturated rings. The van der Waals surface area contributed by atoms with Gasteiger partial charge in [0.2, 0.25) is 5.91 Å². The summed E-state index contributed by atoms with van der Waals surface area (Å²) in [4.78, 5) is 14.4. The number of aryl methyl sites for hydroxylation is 1. The first-order valence-electron chi connectivity index (χ1n) is 7.82. The Labute approximate surface area is 122 Å². The van der Waals surface area contributed by atoms with Crippen LogP contribution < -0.4 is 5.32 Å². The molecule has 1 unspecified atom stereocenters. The van der Waals surface area contributed by atoms with Gasteiger partial charge in [0, 0.05) is 19.5 Å². The lowest BCUT2D eigenvalue weighted by atomic mass is 9.99. The molecule has 1 amide bonds. The lowest BCUT2D eigenvalue weighted by molar-refractivity contribution is -0.131. The molecular formula is C17H26N2O. The largest absolute Gasteiger partial charge is 0.343 e. The molecule has 1 aromatic carbocycles. The molecule has 3 nitrogen and oxygen atoms in total. The molecule has 1 aromatic rings. The van der Waals surface area contributed by atoms with Gasteiger partial charge in [0.05, 0.1) is 0 Å². The molecule has 20 heavy (non-hydrogen) atoms. The third kappa shape index (κ3) is 4.64. The van der Waals surface area contributed by atoms with Crippen molar-refractivity contribution >= 4 is 5.91 Å². The molecule has 2 rings (SSSR count). The van der Waals surface area contributed by atoms with Gasteiger partial charge >= 0.3 is 0 Å². The molecule has 1 aliphatic heterocycles. The summed E-state index contributed by atoms with van der Waals surface area (Å²) in [5.74, 6) is 0.923. The quantitative estimate of drug-likeness (QED) is 0.864. The van der Waals surface area contributed by atoms with Crippen LogP contribution in [0.1, 0.15) is 31.7 Å². The van der Waals surface area contributed by atoms with Crippen molar-refractivity contribution in [2.75, 3.05) is 26.2 Å². The summed E-state index contributed by atoms with van der Waals surface area (Å²) in [6.07, 6.45) is 3.95. The van der Waals surface area contributed by atoms with Crippen molar-refractivity contribution < 1.29 is 4.79 Å². The normalized spacial score (nSPS) is 18.8. The summed E-state index contributed by atoms with van der Waals surface area (Å²) in [7, 11) is 0. The van der Waals surface area contributed by atoms with Gasteiger partial charge < -0.3 is 10.2 Å². The summed E-state index contributed by atoms with van der Waals surface area (Å²) in [5, 5.41) is 3.42. The Morgan fingerprint density at radius 3 is 2.80 bits per heavy atom. The second-order valence-corrected chi connectivity index (χ2v) is 5.63. The molecule has 0 bridgehead atoms. The highest BCUT2D eigenvalue weighted by Crippen LogP contribution is 2.13. The molecule has 1 heterocycles. The fourth-order valence-corrected chi connectivity index (χ4v) is 2.85. The Kier molecular flexibility index (Phi) is 6.06. The Balaban J connectivity index is 1.79. The van der Waals surface area contributed by atoms with E-state index in [0.717, 1.165) is 32.6 Å². The van der Waals surface area contributed by atoms with E-state index in [4.69, 9.17) is 0 Å². The molecule has 1 N–H and O–H groups in total. The molecule has 0 spiro atoms. The SMILES string of the molecule is CCN(CC1CCCNC1)C(=O)CCc1ccccc1. The van der Waals surface area contributed by atoms with Crippen LogP contribution in [0.15, 0.2) is 30.3 Å². The molecule has 0 radical (unpaired) electrons. The Morgan fingerprint density at radius 2 is 2.15 bits per heavy atom. The Morgan fingerprint density at radius 1 is 1.35 bits per heavy atom. The number of nitrogens with zero attached hydrogens (tertiary/aromatic N) is 1. The third-order valence-electron chi connectivity index (χ3n) is 4.08. The maximum absolute atomic E-state index is 12.3. The van der Waals surface area contributed by atoms with E-state index >= 15 is 0 Å². The molecule has 1 atom stereocenters. The molecule has 0 aliphatic carbocycles. The summed E-state index contributed by atoms with van der Waals surface area (Å²) in [6.45, 7) is 6.00. The zero-order valence-electron chi connectivity index (χ0n) is 12.5. The molecule has 1 saturated heterocycles. The van der Waals surface area contributed by atoms with E-state index < -0.39 is 0 Å². The minimum Gasteiger partial charge on any atom is -0.343 e. The predicted octanol–water partition coefficient (Wildman–Crippen LogP) is 2.47. The molecule has 110 valence electrons. The minimum atomic E-state index is 0.293. The van der Waals surface area contributed by atoms with Gasteiger partial charge in [0.25, 0.3) is 0 Å². The van der Waals surface area contributed by atoms with Crippen molar-refractivity contribution in [1.82, 2.24) is 10.2 Å². The fraction of sp³-hybridized carbons (Fsp3) is 0.588. The highest BCUT2D eigenvalue weighted by molar-refractivity contribution is 5.76. The van der Waals surface area contributed by atoms with E-state index in [1.807, 2.05) is 23.1 Å². The molecular weight excluding hydrogens is 248 g/mol. The van der Waals surface area contributed by atoms with Gasteiger partial charge in [0.15, 0.2) is 0 Å².